The molecule has 1 N–H and O–H groups in total. The summed E-state index contributed by atoms with van der Waals surface area (Å²) < 4.78 is 1.27. The number of hydrogen-bond donors (Lipinski definition) is 1. The Bertz CT molecular complexity index is 721. The fourth-order valence-electron chi connectivity index (χ4n) is 1.58. The van der Waals surface area contributed by atoms with Crippen LogP contribution in [0, 0.1) is 0 Å². The van der Waals surface area contributed by atoms with Gasteiger partial charge >= 0.3 is 0 Å². The van der Waals surface area contributed by atoms with Gasteiger partial charge in [-0.1, -0.05) is 35.3 Å². The molecule has 1 amide bonds. The Labute approximate surface area is 130 Å². The van der Waals surface area contributed by atoms with E-state index in [9.17, 15) is 9.59 Å². The van der Waals surface area contributed by atoms with Gasteiger partial charge in [0.15, 0.2) is 0 Å². The maximum absolute atomic E-state index is 11.7. The standard InChI is InChI=1S/C14H11Cl2N3O2/c15-11-4-3-5-12(16)10(11)8-17-18-13(20)9-19-7-2-1-6-14(19)21/h1-8H,9H2,(H,18,20)/b17-8-. The average molecular weight is 324 g/mol. The molecule has 0 aliphatic rings. The number of carbonyl (C=O) groups is 1. The lowest BCUT2D eigenvalue weighted by molar-refractivity contribution is -0.121. The van der Waals surface area contributed by atoms with Crippen LogP contribution in [0.25, 0.3) is 0 Å². The van der Waals surface area contributed by atoms with Crippen molar-refractivity contribution in [2.24, 2.45) is 5.10 Å². The summed E-state index contributed by atoms with van der Waals surface area (Å²) in [4.78, 5) is 23.1. The number of hydrazone groups is 1. The summed E-state index contributed by atoms with van der Waals surface area (Å²) in [6.07, 6.45) is 2.88. The van der Waals surface area contributed by atoms with E-state index in [4.69, 9.17) is 23.2 Å². The normalized spacial score (nSPS) is 10.8. The molecule has 0 fully saturated rings. The van der Waals surface area contributed by atoms with Crippen LogP contribution in [0.15, 0.2) is 52.5 Å². The van der Waals surface area contributed by atoms with Gasteiger partial charge in [0.25, 0.3) is 11.5 Å². The number of halogens is 2. The molecule has 0 unspecified atom stereocenters. The van der Waals surface area contributed by atoms with E-state index in [0.29, 0.717) is 15.6 Å². The van der Waals surface area contributed by atoms with E-state index in [1.54, 1.807) is 30.3 Å². The van der Waals surface area contributed by atoms with E-state index in [-0.39, 0.29) is 12.1 Å². The van der Waals surface area contributed by atoms with Crippen molar-refractivity contribution in [1.82, 2.24) is 9.99 Å². The Balaban J connectivity index is 2.00. The number of amides is 1. The topological polar surface area (TPSA) is 63.5 Å². The molecule has 1 aromatic heterocycles. The third kappa shape index (κ3) is 4.18. The first-order chi connectivity index (χ1) is 10.1. The number of aromatic nitrogens is 1. The second kappa shape index (κ2) is 7.06. The van der Waals surface area contributed by atoms with Gasteiger partial charge in [-0.2, -0.15) is 5.10 Å². The van der Waals surface area contributed by atoms with Crippen LogP contribution in [-0.2, 0) is 11.3 Å². The smallest absolute Gasteiger partial charge is 0.260 e. The number of benzene rings is 1. The molecule has 2 aromatic rings. The summed E-state index contributed by atoms with van der Waals surface area (Å²) in [6.45, 7) is -0.118. The second-order valence-electron chi connectivity index (χ2n) is 4.10. The van der Waals surface area contributed by atoms with Gasteiger partial charge in [0, 0.05) is 17.8 Å². The van der Waals surface area contributed by atoms with Gasteiger partial charge in [0.2, 0.25) is 0 Å². The summed E-state index contributed by atoms with van der Waals surface area (Å²) in [5.41, 5.74) is 2.57. The Kier molecular flexibility index (Phi) is 5.14. The Morgan fingerprint density at radius 1 is 1.19 bits per heavy atom. The van der Waals surface area contributed by atoms with Crippen LogP contribution in [0.3, 0.4) is 0 Å². The number of hydrogen-bond acceptors (Lipinski definition) is 3. The van der Waals surface area contributed by atoms with Crippen LogP contribution >= 0.6 is 23.2 Å². The van der Waals surface area contributed by atoms with Crippen molar-refractivity contribution < 1.29 is 4.79 Å². The zero-order valence-corrected chi connectivity index (χ0v) is 12.3. The third-order valence-electron chi connectivity index (χ3n) is 2.60. The van der Waals surface area contributed by atoms with Crippen LogP contribution < -0.4 is 11.0 Å². The largest absolute Gasteiger partial charge is 0.306 e. The molecule has 21 heavy (non-hydrogen) atoms. The van der Waals surface area contributed by atoms with Gasteiger partial charge in [-0.25, -0.2) is 5.43 Å². The first-order valence-corrected chi connectivity index (χ1v) is 6.75. The van der Waals surface area contributed by atoms with Crippen molar-refractivity contribution in [2.45, 2.75) is 6.54 Å². The zero-order chi connectivity index (χ0) is 15.2. The van der Waals surface area contributed by atoms with Crippen LogP contribution in [0.2, 0.25) is 10.0 Å². The summed E-state index contributed by atoms with van der Waals surface area (Å²) in [5.74, 6) is -0.428. The van der Waals surface area contributed by atoms with E-state index in [1.807, 2.05) is 0 Å². The first kappa shape index (κ1) is 15.3. The van der Waals surface area contributed by atoms with Gasteiger partial charge < -0.3 is 4.57 Å². The van der Waals surface area contributed by atoms with Crippen molar-refractivity contribution >= 4 is 35.3 Å². The maximum Gasteiger partial charge on any atom is 0.260 e. The average Bonchev–Trinajstić information content (AvgIpc) is 2.45. The van der Waals surface area contributed by atoms with Gasteiger partial charge in [-0.15, -0.1) is 0 Å². The molecule has 0 spiro atoms. The van der Waals surface area contributed by atoms with Gasteiger partial charge in [0.05, 0.1) is 16.3 Å². The van der Waals surface area contributed by atoms with Crippen LogP contribution in [0.4, 0.5) is 0 Å². The molecular weight excluding hydrogens is 313 g/mol. The summed E-state index contributed by atoms with van der Waals surface area (Å²) in [6, 6.07) is 9.69. The minimum atomic E-state index is -0.428. The quantitative estimate of drug-likeness (QED) is 0.693. The highest BCUT2D eigenvalue weighted by Crippen LogP contribution is 2.21. The van der Waals surface area contributed by atoms with Crippen molar-refractivity contribution in [3.63, 3.8) is 0 Å². The highest BCUT2D eigenvalue weighted by molar-refractivity contribution is 6.38. The maximum atomic E-state index is 11.7. The molecule has 0 saturated carbocycles. The molecule has 0 atom stereocenters. The Morgan fingerprint density at radius 2 is 1.90 bits per heavy atom. The molecule has 108 valence electrons. The third-order valence-corrected chi connectivity index (χ3v) is 3.25. The molecule has 0 radical (unpaired) electrons. The predicted molar refractivity (Wildman–Crippen MR) is 82.9 cm³/mol. The fourth-order valence-corrected chi connectivity index (χ4v) is 2.08. The van der Waals surface area contributed by atoms with Crippen molar-refractivity contribution in [1.29, 1.82) is 0 Å². The molecule has 0 aliphatic heterocycles. The predicted octanol–water partition coefficient (Wildman–Crippen LogP) is 2.31. The molecule has 5 nitrogen and oxygen atoms in total. The zero-order valence-electron chi connectivity index (χ0n) is 10.8. The van der Waals surface area contributed by atoms with Gasteiger partial charge in [-0.05, 0) is 18.2 Å². The van der Waals surface area contributed by atoms with Crippen molar-refractivity contribution in [3.8, 4) is 0 Å². The lowest BCUT2D eigenvalue weighted by atomic mass is 10.2. The lowest BCUT2D eigenvalue weighted by Gasteiger charge is -2.04. The van der Waals surface area contributed by atoms with Gasteiger partial charge in [-0.3, -0.25) is 9.59 Å². The van der Waals surface area contributed by atoms with E-state index in [2.05, 4.69) is 10.5 Å². The van der Waals surface area contributed by atoms with Crippen LogP contribution in [0.5, 0.6) is 0 Å². The van der Waals surface area contributed by atoms with E-state index in [1.165, 1.54) is 23.0 Å². The number of rotatable bonds is 4. The second-order valence-corrected chi connectivity index (χ2v) is 4.91. The van der Waals surface area contributed by atoms with E-state index in [0.717, 1.165) is 0 Å². The summed E-state index contributed by atoms with van der Waals surface area (Å²) in [7, 11) is 0. The lowest BCUT2D eigenvalue weighted by Crippen LogP contribution is -2.29. The van der Waals surface area contributed by atoms with Crippen LogP contribution in [0.1, 0.15) is 5.56 Å². The molecule has 7 heteroatoms. The van der Waals surface area contributed by atoms with E-state index >= 15 is 0 Å². The molecule has 1 heterocycles. The monoisotopic (exact) mass is 323 g/mol. The number of nitrogens with one attached hydrogen (secondary N) is 1. The molecule has 2 rings (SSSR count). The Morgan fingerprint density at radius 3 is 2.57 bits per heavy atom. The van der Waals surface area contributed by atoms with E-state index < -0.39 is 5.91 Å². The minimum absolute atomic E-state index is 0.118. The number of carbonyl (C=O) groups excluding carboxylic acids is 1. The molecular formula is C14H11Cl2N3O2. The minimum Gasteiger partial charge on any atom is -0.306 e. The SMILES string of the molecule is O=C(Cn1ccccc1=O)N/N=C\c1c(Cl)cccc1Cl. The number of nitrogens with zero attached hydrogens (tertiary/aromatic N) is 2. The van der Waals surface area contributed by atoms with Gasteiger partial charge in [0.1, 0.15) is 6.54 Å². The highest BCUT2D eigenvalue weighted by atomic mass is 35.5. The summed E-state index contributed by atoms with van der Waals surface area (Å²) >= 11 is 11.9. The van der Waals surface area contributed by atoms with Crippen LogP contribution in [-0.4, -0.2) is 16.7 Å². The summed E-state index contributed by atoms with van der Waals surface area (Å²) in [5, 5.41) is 4.64. The first-order valence-electron chi connectivity index (χ1n) is 5.99. The molecule has 1 aromatic carbocycles. The molecule has 0 saturated heterocycles. The molecule has 0 aliphatic carbocycles. The highest BCUT2D eigenvalue weighted by Gasteiger charge is 2.04. The van der Waals surface area contributed by atoms with Crippen molar-refractivity contribution in [2.75, 3.05) is 0 Å². The van der Waals surface area contributed by atoms with Crippen molar-refractivity contribution in [3.05, 3.63) is 68.6 Å². The Hall–Kier alpha value is -2.11. The fraction of sp³-hybridized carbons (Fsp3) is 0.0714. The molecule has 0 bridgehead atoms. The number of pyridine rings is 1.